The van der Waals surface area contributed by atoms with E-state index in [0.29, 0.717) is 6.54 Å². The Kier molecular flexibility index (Phi) is 8.23. The molecule has 38 heavy (non-hydrogen) atoms. The van der Waals surface area contributed by atoms with Crippen molar-refractivity contribution in [3.05, 3.63) is 83.2 Å². The lowest BCUT2D eigenvalue weighted by Crippen LogP contribution is -2.36. The van der Waals surface area contributed by atoms with Gasteiger partial charge in [0.15, 0.2) is 0 Å². The molecule has 4 aromatic rings. The SMILES string of the molecule is CNCc1c(-c2ccc(F)cc2)oc2cc(N(C)SC)c([C@@H]3CCCN(S(=O)c4ccccc4C)C3)cc12. The van der Waals surface area contributed by atoms with E-state index in [1.807, 2.05) is 38.2 Å². The smallest absolute Gasteiger partial charge is 0.139 e. The number of aryl methyl sites for hydroxylation is 1. The van der Waals surface area contributed by atoms with Crippen molar-refractivity contribution in [1.29, 1.82) is 0 Å². The van der Waals surface area contributed by atoms with Gasteiger partial charge in [-0.15, -0.1) is 0 Å². The molecule has 5 rings (SSSR count). The van der Waals surface area contributed by atoms with Crippen molar-refractivity contribution in [2.45, 2.75) is 37.1 Å². The van der Waals surface area contributed by atoms with E-state index in [1.54, 1.807) is 24.1 Å². The Hall–Kier alpha value is -2.65. The molecule has 0 aliphatic carbocycles. The summed E-state index contributed by atoms with van der Waals surface area (Å²) in [5, 5.41) is 4.34. The number of hydrogen-bond acceptors (Lipinski definition) is 5. The zero-order valence-electron chi connectivity index (χ0n) is 22.3. The molecular weight excluding hydrogens is 517 g/mol. The molecule has 2 heterocycles. The molecule has 1 N–H and O–H groups in total. The molecule has 2 atom stereocenters. The minimum atomic E-state index is -1.20. The summed E-state index contributed by atoms with van der Waals surface area (Å²) in [7, 11) is 2.79. The summed E-state index contributed by atoms with van der Waals surface area (Å²) < 4.78 is 37.9. The number of nitrogens with one attached hydrogen (secondary N) is 1. The van der Waals surface area contributed by atoms with Gasteiger partial charge in [-0.1, -0.05) is 30.1 Å². The second-order valence-corrected chi connectivity index (χ2v) is 12.1. The number of benzene rings is 3. The van der Waals surface area contributed by atoms with Crippen LogP contribution in [0.5, 0.6) is 0 Å². The lowest BCUT2D eigenvalue weighted by molar-refractivity contribution is 0.331. The highest BCUT2D eigenvalue weighted by atomic mass is 32.2. The first-order valence-electron chi connectivity index (χ1n) is 12.9. The van der Waals surface area contributed by atoms with E-state index < -0.39 is 11.0 Å². The molecule has 0 radical (unpaired) electrons. The zero-order chi connectivity index (χ0) is 26.8. The highest BCUT2D eigenvalue weighted by molar-refractivity contribution is 7.99. The van der Waals surface area contributed by atoms with Crippen molar-refractivity contribution in [2.75, 3.05) is 37.7 Å². The molecule has 0 saturated carbocycles. The number of hydrogen-bond donors (Lipinski definition) is 1. The van der Waals surface area contributed by atoms with Gasteiger partial charge in [-0.05, 0) is 80.3 Å². The Labute approximate surface area is 231 Å². The molecule has 1 aromatic heterocycles. The standard InChI is InChI=1S/C30H34FN3O2S2/c1-20-8-5-6-10-29(20)38(35)34-15-7-9-22(19-34)24-16-25-26(18-32-2)30(21-11-13-23(31)14-12-21)36-28(25)17-27(24)33(3)37-4/h5-6,8,10-14,16-17,22,32H,7,9,15,18-19H2,1-4H3/t22-,38?/m1/s1. The van der Waals surface area contributed by atoms with Crippen molar-refractivity contribution in [3.8, 4) is 11.3 Å². The predicted octanol–water partition coefficient (Wildman–Crippen LogP) is 6.88. The van der Waals surface area contributed by atoms with Gasteiger partial charge in [0.2, 0.25) is 0 Å². The van der Waals surface area contributed by atoms with Crippen LogP contribution in [0.2, 0.25) is 0 Å². The fourth-order valence-corrected chi connectivity index (χ4v) is 7.10. The molecule has 5 nitrogen and oxygen atoms in total. The van der Waals surface area contributed by atoms with Gasteiger partial charge in [-0.2, -0.15) is 0 Å². The summed E-state index contributed by atoms with van der Waals surface area (Å²) in [4.78, 5) is 0.889. The first-order valence-corrected chi connectivity index (χ1v) is 15.2. The van der Waals surface area contributed by atoms with Crippen LogP contribution in [0, 0.1) is 12.7 Å². The van der Waals surface area contributed by atoms with Crippen LogP contribution < -0.4 is 9.62 Å². The van der Waals surface area contributed by atoms with E-state index in [0.717, 1.165) is 69.9 Å². The molecule has 1 saturated heterocycles. The summed E-state index contributed by atoms with van der Waals surface area (Å²) in [5.74, 6) is 0.726. The first-order chi connectivity index (χ1) is 18.4. The monoisotopic (exact) mass is 551 g/mol. The summed E-state index contributed by atoms with van der Waals surface area (Å²) >= 11 is 1.65. The van der Waals surface area contributed by atoms with Gasteiger partial charge in [0.1, 0.15) is 28.1 Å². The molecule has 0 bridgehead atoms. The maximum atomic E-state index is 13.6. The molecule has 0 amide bonds. The van der Waals surface area contributed by atoms with Crippen LogP contribution in [0.15, 0.2) is 70.0 Å². The van der Waals surface area contributed by atoms with Gasteiger partial charge < -0.3 is 14.0 Å². The number of rotatable bonds is 8. The van der Waals surface area contributed by atoms with Crippen LogP contribution in [-0.4, -0.2) is 42.0 Å². The van der Waals surface area contributed by atoms with E-state index in [1.165, 1.54) is 17.7 Å². The maximum Gasteiger partial charge on any atom is 0.139 e. The highest BCUT2D eigenvalue weighted by Gasteiger charge is 2.30. The number of halogens is 1. The Morgan fingerprint density at radius 2 is 1.95 bits per heavy atom. The summed E-state index contributed by atoms with van der Waals surface area (Å²) in [6.07, 6.45) is 4.08. The van der Waals surface area contributed by atoms with Crippen molar-refractivity contribution in [2.24, 2.45) is 0 Å². The fourth-order valence-electron chi connectivity index (χ4n) is 5.32. The Morgan fingerprint density at radius 1 is 1.18 bits per heavy atom. The lowest BCUT2D eigenvalue weighted by Gasteiger charge is -2.34. The maximum absolute atomic E-state index is 13.6. The van der Waals surface area contributed by atoms with Crippen molar-refractivity contribution in [1.82, 2.24) is 9.62 Å². The molecule has 0 spiro atoms. The van der Waals surface area contributed by atoms with Crippen molar-refractivity contribution in [3.63, 3.8) is 0 Å². The van der Waals surface area contributed by atoms with Crippen LogP contribution in [0.3, 0.4) is 0 Å². The first kappa shape index (κ1) is 26.9. The van der Waals surface area contributed by atoms with E-state index in [9.17, 15) is 8.60 Å². The lowest BCUT2D eigenvalue weighted by atomic mass is 9.89. The number of piperidine rings is 1. The molecular formula is C30H34FN3O2S2. The summed E-state index contributed by atoms with van der Waals surface area (Å²) in [6, 6.07) is 18.8. The van der Waals surface area contributed by atoms with Crippen LogP contribution in [-0.2, 0) is 17.5 Å². The Morgan fingerprint density at radius 3 is 2.66 bits per heavy atom. The van der Waals surface area contributed by atoms with Crippen LogP contribution >= 0.6 is 11.9 Å². The average Bonchev–Trinajstić information content (AvgIpc) is 3.29. The molecule has 1 aliphatic rings. The zero-order valence-corrected chi connectivity index (χ0v) is 23.9. The fraction of sp³-hybridized carbons (Fsp3) is 0.333. The number of anilines is 1. The van der Waals surface area contributed by atoms with Crippen LogP contribution in [0.25, 0.3) is 22.3 Å². The summed E-state index contributed by atoms with van der Waals surface area (Å²) in [6.45, 7) is 4.20. The number of nitrogens with zero attached hydrogens (tertiary/aromatic N) is 2. The van der Waals surface area contributed by atoms with Crippen molar-refractivity contribution < 1.29 is 13.0 Å². The van der Waals surface area contributed by atoms with E-state index in [4.69, 9.17) is 4.42 Å². The molecule has 1 fully saturated rings. The van der Waals surface area contributed by atoms with E-state index >= 15 is 0 Å². The number of fused-ring (bicyclic) bond motifs is 1. The highest BCUT2D eigenvalue weighted by Crippen LogP contribution is 2.42. The largest absolute Gasteiger partial charge is 0.456 e. The quantitative estimate of drug-likeness (QED) is 0.242. The Balaban J connectivity index is 1.58. The molecule has 8 heteroatoms. The summed E-state index contributed by atoms with van der Waals surface area (Å²) in [5.41, 5.74) is 6.13. The van der Waals surface area contributed by atoms with E-state index in [-0.39, 0.29) is 11.7 Å². The Bertz CT molecular complexity index is 1450. The van der Waals surface area contributed by atoms with E-state index in [2.05, 4.69) is 39.4 Å². The van der Waals surface area contributed by atoms with Crippen LogP contribution in [0.4, 0.5) is 10.1 Å². The predicted molar refractivity (Wildman–Crippen MR) is 157 cm³/mol. The van der Waals surface area contributed by atoms with Gasteiger partial charge in [0.05, 0.1) is 10.6 Å². The topological polar surface area (TPSA) is 48.7 Å². The molecule has 1 unspecified atom stereocenters. The van der Waals surface area contributed by atoms with Gasteiger partial charge in [-0.25, -0.2) is 12.9 Å². The third kappa shape index (κ3) is 5.27. The average molecular weight is 552 g/mol. The van der Waals surface area contributed by atoms with Gasteiger partial charge in [0.25, 0.3) is 0 Å². The molecule has 3 aromatic carbocycles. The second kappa shape index (κ2) is 11.6. The minimum absolute atomic E-state index is 0.234. The van der Waals surface area contributed by atoms with Gasteiger partial charge in [0, 0.05) is 55.5 Å². The minimum Gasteiger partial charge on any atom is -0.456 e. The van der Waals surface area contributed by atoms with Gasteiger partial charge >= 0.3 is 0 Å². The van der Waals surface area contributed by atoms with Gasteiger partial charge in [-0.3, -0.25) is 0 Å². The third-order valence-corrected chi connectivity index (χ3v) is 9.73. The molecule has 1 aliphatic heterocycles. The second-order valence-electron chi connectivity index (χ2n) is 9.78. The normalized spacial score (nSPS) is 17.1. The number of furan rings is 1. The van der Waals surface area contributed by atoms with Crippen LogP contribution in [0.1, 0.15) is 35.4 Å². The third-order valence-electron chi connectivity index (χ3n) is 7.35. The molecule has 200 valence electrons. The van der Waals surface area contributed by atoms with Crippen molar-refractivity contribution >= 4 is 39.6 Å².